The Hall–Kier alpha value is -0.0800. The lowest BCUT2D eigenvalue weighted by Crippen LogP contribution is -2.46. The molecule has 0 bridgehead atoms. The van der Waals surface area contributed by atoms with Crippen molar-refractivity contribution in [2.75, 3.05) is 26.2 Å². The van der Waals surface area contributed by atoms with Crippen LogP contribution in [0.5, 0.6) is 0 Å². The van der Waals surface area contributed by atoms with Gasteiger partial charge in [-0.1, -0.05) is 33.1 Å². The molecule has 3 unspecified atom stereocenters. The van der Waals surface area contributed by atoms with Gasteiger partial charge in [-0.05, 0) is 62.6 Å². The van der Waals surface area contributed by atoms with E-state index in [9.17, 15) is 0 Å². The van der Waals surface area contributed by atoms with Crippen molar-refractivity contribution in [1.29, 1.82) is 0 Å². The largest absolute Gasteiger partial charge is 0.312 e. The van der Waals surface area contributed by atoms with Gasteiger partial charge in [0, 0.05) is 12.6 Å². The van der Waals surface area contributed by atoms with E-state index in [1.165, 1.54) is 71.1 Å². The molecule has 2 nitrogen and oxygen atoms in total. The summed E-state index contributed by atoms with van der Waals surface area (Å²) in [6, 6.07) is 0.809. The normalized spacial score (nSPS) is 38.5. The van der Waals surface area contributed by atoms with Crippen molar-refractivity contribution < 1.29 is 0 Å². The first-order valence-corrected chi connectivity index (χ1v) is 8.72. The molecule has 3 aliphatic rings. The van der Waals surface area contributed by atoms with Gasteiger partial charge in [0.2, 0.25) is 0 Å². The summed E-state index contributed by atoms with van der Waals surface area (Å²) in [4.78, 5) is 2.75. The summed E-state index contributed by atoms with van der Waals surface area (Å²) in [7, 11) is 0. The Morgan fingerprint density at radius 2 is 1.84 bits per heavy atom. The summed E-state index contributed by atoms with van der Waals surface area (Å²) in [6.07, 6.45) is 10.1. The highest BCUT2D eigenvalue weighted by molar-refractivity contribution is 4.96. The molecule has 1 aliphatic carbocycles. The van der Waals surface area contributed by atoms with E-state index in [1.54, 1.807) is 0 Å². The molecule has 2 saturated heterocycles. The maximum Gasteiger partial charge on any atom is 0.0226 e. The van der Waals surface area contributed by atoms with E-state index < -0.39 is 0 Å². The lowest BCUT2D eigenvalue weighted by Gasteiger charge is -2.42. The number of hydrogen-bond donors (Lipinski definition) is 1. The van der Waals surface area contributed by atoms with E-state index in [0.717, 1.165) is 17.9 Å². The fourth-order valence-corrected chi connectivity index (χ4v) is 4.95. The molecule has 0 spiro atoms. The molecule has 3 fully saturated rings. The smallest absolute Gasteiger partial charge is 0.0226 e. The highest BCUT2D eigenvalue weighted by atomic mass is 15.2. The minimum Gasteiger partial charge on any atom is -0.312 e. The lowest BCUT2D eigenvalue weighted by molar-refractivity contribution is 0.0858. The molecule has 0 aromatic rings. The van der Waals surface area contributed by atoms with Crippen LogP contribution in [0.3, 0.4) is 0 Å². The van der Waals surface area contributed by atoms with Crippen molar-refractivity contribution in [3.63, 3.8) is 0 Å². The molecule has 0 amide bonds. The van der Waals surface area contributed by atoms with E-state index in [4.69, 9.17) is 0 Å². The van der Waals surface area contributed by atoms with E-state index in [1.807, 2.05) is 0 Å². The number of likely N-dealkylation sites (tertiary alicyclic amines) is 1. The molecule has 3 rings (SSSR count). The minimum atomic E-state index is 0.676. The Morgan fingerprint density at radius 1 is 1.11 bits per heavy atom. The van der Waals surface area contributed by atoms with Gasteiger partial charge in [0.05, 0.1) is 0 Å². The van der Waals surface area contributed by atoms with Gasteiger partial charge >= 0.3 is 0 Å². The third kappa shape index (κ3) is 2.71. The number of piperidine rings is 1. The standard InChI is InChI=1S/C17H32N2/c1-3-17(4-2)8-10-19(11-9-17)13-16-15-7-5-6-14(15)12-18-16/h14-16,18H,3-13H2,1-2H3. The molecule has 0 aromatic carbocycles. The van der Waals surface area contributed by atoms with Crippen LogP contribution in [0.1, 0.15) is 58.8 Å². The fraction of sp³-hybridized carbons (Fsp3) is 1.00. The summed E-state index contributed by atoms with van der Waals surface area (Å²) in [6.45, 7) is 10.1. The maximum absolute atomic E-state index is 3.81. The van der Waals surface area contributed by atoms with Gasteiger partial charge < -0.3 is 10.2 Å². The van der Waals surface area contributed by atoms with Crippen LogP contribution < -0.4 is 5.32 Å². The van der Waals surface area contributed by atoms with Crippen LogP contribution in [0, 0.1) is 17.3 Å². The quantitative estimate of drug-likeness (QED) is 0.838. The average molecular weight is 264 g/mol. The average Bonchev–Trinajstić information content (AvgIpc) is 3.05. The number of hydrogen-bond acceptors (Lipinski definition) is 2. The Labute approximate surface area is 119 Å². The zero-order valence-electron chi connectivity index (χ0n) is 13.0. The molecule has 1 saturated carbocycles. The van der Waals surface area contributed by atoms with E-state index >= 15 is 0 Å². The summed E-state index contributed by atoms with van der Waals surface area (Å²) >= 11 is 0. The van der Waals surface area contributed by atoms with Gasteiger partial charge in [-0.25, -0.2) is 0 Å². The van der Waals surface area contributed by atoms with Crippen molar-refractivity contribution in [1.82, 2.24) is 10.2 Å². The van der Waals surface area contributed by atoms with Gasteiger partial charge in [-0.2, -0.15) is 0 Å². The van der Waals surface area contributed by atoms with Gasteiger partial charge in [0.25, 0.3) is 0 Å². The molecular weight excluding hydrogens is 232 g/mol. The second-order valence-electron chi connectivity index (χ2n) is 7.38. The second kappa shape index (κ2) is 5.73. The topological polar surface area (TPSA) is 15.3 Å². The van der Waals surface area contributed by atoms with Gasteiger partial charge in [-0.3, -0.25) is 0 Å². The zero-order chi connectivity index (χ0) is 13.3. The van der Waals surface area contributed by atoms with Crippen molar-refractivity contribution in [2.24, 2.45) is 17.3 Å². The van der Waals surface area contributed by atoms with E-state index in [2.05, 4.69) is 24.1 Å². The van der Waals surface area contributed by atoms with E-state index in [0.29, 0.717) is 5.41 Å². The summed E-state index contributed by atoms with van der Waals surface area (Å²) in [5.74, 6) is 2.02. The van der Waals surface area contributed by atoms with E-state index in [-0.39, 0.29) is 0 Å². The Balaban J connectivity index is 1.50. The summed E-state index contributed by atoms with van der Waals surface area (Å²) in [5, 5.41) is 3.81. The Bertz CT molecular complexity index is 288. The Kier molecular flexibility index (Phi) is 4.19. The number of rotatable bonds is 4. The van der Waals surface area contributed by atoms with Crippen LogP contribution in [0.25, 0.3) is 0 Å². The minimum absolute atomic E-state index is 0.676. The predicted molar refractivity (Wildman–Crippen MR) is 81.3 cm³/mol. The first-order valence-electron chi connectivity index (χ1n) is 8.72. The first kappa shape index (κ1) is 13.9. The monoisotopic (exact) mass is 264 g/mol. The Morgan fingerprint density at radius 3 is 2.53 bits per heavy atom. The van der Waals surface area contributed by atoms with Gasteiger partial charge in [0.1, 0.15) is 0 Å². The first-order chi connectivity index (χ1) is 9.26. The van der Waals surface area contributed by atoms with Crippen molar-refractivity contribution in [2.45, 2.75) is 64.8 Å². The zero-order valence-corrected chi connectivity index (χ0v) is 13.0. The van der Waals surface area contributed by atoms with Crippen LogP contribution in [0.15, 0.2) is 0 Å². The number of nitrogens with zero attached hydrogens (tertiary/aromatic N) is 1. The van der Waals surface area contributed by atoms with Crippen molar-refractivity contribution in [3.05, 3.63) is 0 Å². The summed E-state index contributed by atoms with van der Waals surface area (Å²) in [5.41, 5.74) is 0.676. The molecule has 2 heterocycles. The van der Waals surface area contributed by atoms with Crippen LogP contribution in [0.2, 0.25) is 0 Å². The number of fused-ring (bicyclic) bond motifs is 1. The van der Waals surface area contributed by atoms with Crippen LogP contribution in [0.4, 0.5) is 0 Å². The predicted octanol–water partition coefficient (Wildman–Crippen LogP) is 3.28. The third-order valence-electron chi connectivity index (χ3n) is 6.75. The highest BCUT2D eigenvalue weighted by Crippen LogP contribution is 2.40. The molecule has 19 heavy (non-hydrogen) atoms. The van der Waals surface area contributed by atoms with Gasteiger partial charge in [-0.15, -0.1) is 0 Å². The van der Waals surface area contributed by atoms with Crippen LogP contribution in [-0.4, -0.2) is 37.1 Å². The number of nitrogens with one attached hydrogen (secondary N) is 1. The van der Waals surface area contributed by atoms with Crippen LogP contribution in [-0.2, 0) is 0 Å². The molecule has 1 N–H and O–H groups in total. The fourth-order valence-electron chi connectivity index (χ4n) is 4.95. The molecule has 2 heteroatoms. The van der Waals surface area contributed by atoms with Crippen LogP contribution >= 0.6 is 0 Å². The molecule has 0 radical (unpaired) electrons. The van der Waals surface area contributed by atoms with Gasteiger partial charge in [0.15, 0.2) is 0 Å². The lowest BCUT2D eigenvalue weighted by atomic mass is 9.74. The SMILES string of the molecule is CCC1(CC)CCN(CC2NCC3CCCC32)CC1. The molecule has 0 aromatic heterocycles. The summed E-state index contributed by atoms with van der Waals surface area (Å²) < 4.78 is 0. The third-order valence-corrected chi connectivity index (χ3v) is 6.75. The van der Waals surface area contributed by atoms with Crippen molar-refractivity contribution >= 4 is 0 Å². The maximum atomic E-state index is 3.81. The molecule has 110 valence electrons. The van der Waals surface area contributed by atoms with Crippen molar-refractivity contribution in [3.8, 4) is 0 Å². The molecule has 2 aliphatic heterocycles. The molecule has 3 atom stereocenters. The second-order valence-corrected chi connectivity index (χ2v) is 7.38. The highest BCUT2D eigenvalue weighted by Gasteiger charge is 2.40. The molecular formula is C17H32N2.